The molecule has 33 heavy (non-hydrogen) atoms. The van der Waals surface area contributed by atoms with E-state index in [1.54, 1.807) is 43.6 Å². The van der Waals surface area contributed by atoms with E-state index in [0.717, 1.165) is 47.7 Å². The molecule has 170 valence electrons. The molecule has 1 amide bonds. The summed E-state index contributed by atoms with van der Waals surface area (Å²) in [6.07, 6.45) is 5.06. The lowest BCUT2D eigenvalue weighted by atomic mass is 10.2. The van der Waals surface area contributed by atoms with Gasteiger partial charge in [-0.25, -0.2) is 4.98 Å². The molecule has 7 heteroatoms. The third kappa shape index (κ3) is 5.31. The molecular formula is C26H28N4O3. The molecule has 0 atom stereocenters. The van der Waals surface area contributed by atoms with Crippen LogP contribution in [0.4, 0.5) is 0 Å². The number of rotatable bonds is 10. The lowest BCUT2D eigenvalue weighted by Crippen LogP contribution is -2.27. The maximum absolute atomic E-state index is 12.8. The summed E-state index contributed by atoms with van der Waals surface area (Å²) in [6.45, 7) is 1.82. The number of ether oxygens (including phenoxy) is 2. The van der Waals surface area contributed by atoms with Crippen LogP contribution in [-0.2, 0) is 13.1 Å². The molecule has 0 unspecified atom stereocenters. The molecule has 0 saturated heterocycles. The Kier molecular flexibility index (Phi) is 7.19. The Morgan fingerprint density at radius 3 is 2.48 bits per heavy atom. The van der Waals surface area contributed by atoms with E-state index in [9.17, 15) is 4.79 Å². The van der Waals surface area contributed by atoms with Crippen LogP contribution in [0.15, 0.2) is 73.1 Å². The summed E-state index contributed by atoms with van der Waals surface area (Å²) in [5, 5.41) is 0. The second-order valence-corrected chi connectivity index (χ2v) is 7.77. The van der Waals surface area contributed by atoms with Crippen molar-refractivity contribution in [2.45, 2.75) is 25.9 Å². The van der Waals surface area contributed by atoms with Gasteiger partial charge in [-0.1, -0.05) is 24.3 Å². The number of carbonyl (C=O) groups excluding carboxylic acids is 1. The van der Waals surface area contributed by atoms with Gasteiger partial charge in [0.05, 0.1) is 31.3 Å². The van der Waals surface area contributed by atoms with Crippen LogP contribution >= 0.6 is 0 Å². The highest BCUT2D eigenvalue weighted by Gasteiger charge is 2.17. The number of aryl methyl sites for hydroxylation is 1. The number of para-hydroxylation sites is 4. The van der Waals surface area contributed by atoms with Crippen molar-refractivity contribution in [1.82, 2.24) is 19.4 Å². The molecule has 0 spiro atoms. The van der Waals surface area contributed by atoms with Gasteiger partial charge in [-0.05, 0) is 49.2 Å². The molecule has 0 aliphatic heterocycles. The Morgan fingerprint density at radius 1 is 0.970 bits per heavy atom. The van der Waals surface area contributed by atoms with Gasteiger partial charge in [-0.2, -0.15) is 0 Å². The van der Waals surface area contributed by atoms with Crippen LogP contribution in [0.2, 0.25) is 0 Å². The maximum Gasteiger partial charge on any atom is 0.254 e. The van der Waals surface area contributed by atoms with Gasteiger partial charge in [0, 0.05) is 31.5 Å². The number of methoxy groups -OCH3 is 1. The number of benzene rings is 2. The van der Waals surface area contributed by atoms with Crippen LogP contribution in [0, 0.1) is 0 Å². The highest BCUT2D eigenvalue weighted by molar-refractivity contribution is 5.93. The molecule has 7 nitrogen and oxygen atoms in total. The quantitative estimate of drug-likeness (QED) is 0.335. The molecular weight excluding hydrogens is 416 g/mol. The predicted octanol–water partition coefficient (Wildman–Crippen LogP) is 4.57. The third-order valence-electron chi connectivity index (χ3n) is 5.49. The number of fused-ring (bicyclic) bond motifs is 1. The molecule has 0 saturated carbocycles. The summed E-state index contributed by atoms with van der Waals surface area (Å²) in [4.78, 5) is 23.3. The fourth-order valence-corrected chi connectivity index (χ4v) is 3.79. The van der Waals surface area contributed by atoms with Crippen molar-refractivity contribution in [2.75, 3.05) is 20.8 Å². The maximum atomic E-state index is 12.8. The van der Waals surface area contributed by atoms with Crippen molar-refractivity contribution in [1.29, 1.82) is 0 Å². The number of hydrogen-bond acceptors (Lipinski definition) is 5. The van der Waals surface area contributed by atoms with E-state index >= 15 is 0 Å². The number of carbonyl (C=O) groups is 1. The first-order valence-corrected chi connectivity index (χ1v) is 11.0. The van der Waals surface area contributed by atoms with Crippen LogP contribution in [-0.4, -0.2) is 46.1 Å². The average Bonchev–Trinajstić information content (AvgIpc) is 3.21. The van der Waals surface area contributed by atoms with E-state index in [0.29, 0.717) is 18.7 Å². The second kappa shape index (κ2) is 10.6. The molecule has 2 aromatic carbocycles. The number of pyridine rings is 1. The minimum absolute atomic E-state index is 0.0544. The molecule has 0 N–H and O–H groups in total. The highest BCUT2D eigenvalue weighted by Crippen LogP contribution is 2.26. The topological polar surface area (TPSA) is 69.5 Å². The van der Waals surface area contributed by atoms with Crippen LogP contribution in [0.25, 0.3) is 11.0 Å². The lowest BCUT2D eigenvalue weighted by Gasteiger charge is -2.18. The number of amides is 1. The Bertz CT molecular complexity index is 1210. The van der Waals surface area contributed by atoms with Gasteiger partial charge in [-0.3, -0.25) is 9.78 Å². The van der Waals surface area contributed by atoms with Gasteiger partial charge >= 0.3 is 0 Å². The summed E-state index contributed by atoms with van der Waals surface area (Å²) in [5.74, 6) is 2.31. The molecule has 0 fully saturated rings. The number of aromatic nitrogens is 3. The van der Waals surface area contributed by atoms with Crippen molar-refractivity contribution >= 4 is 16.9 Å². The van der Waals surface area contributed by atoms with Crippen molar-refractivity contribution < 1.29 is 14.3 Å². The fourth-order valence-electron chi connectivity index (χ4n) is 3.79. The molecule has 0 bridgehead atoms. The standard InChI is InChI=1S/C26H28N4O3/c1-29(26(31)20-13-15-27-16-14-20)19-25-28-21-9-3-4-10-22(21)30(25)17-7-8-18-33-24-12-6-5-11-23(24)32-2/h3-6,9-16H,7-8,17-19H2,1-2H3. The van der Waals surface area contributed by atoms with Crippen LogP contribution in [0.5, 0.6) is 11.5 Å². The summed E-state index contributed by atoms with van der Waals surface area (Å²) < 4.78 is 13.4. The van der Waals surface area contributed by atoms with Gasteiger partial charge in [0.25, 0.3) is 5.91 Å². The molecule has 0 aliphatic carbocycles. The Balaban J connectivity index is 1.41. The zero-order valence-electron chi connectivity index (χ0n) is 19.0. The van der Waals surface area contributed by atoms with E-state index in [1.807, 2.05) is 42.5 Å². The summed E-state index contributed by atoms with van der Waals surface area (Å²) in [6, 6.07) is 19.2. The normalized spacial score (nSPS) is 10.8. The predicted molar refractivity (Wildman–Crippen MR) is 127 cm³/mol. The van der Waals surface area contributed by atoms with E-state index < -0.39 is 0 Å². The molecule has 2 heterocycles. The monoisotopic (exact) mass is 444 g/mol. The first-order chi connectivity index (χ1) is 16.2. The van der Waals surface area contributed by atoms with Gasteiger partial charge < -0.3 is 18.9 Å². The second-order valence-electron chi connectivity index (χ2n) is 7.77. The van der Waals surface area contributed by atoms with E-state index in [1.165, 1.54) is 0 Å². The first kappa shape index (κ1) is 22.3. The smallest absolute Gasteiger partial charge is 0.254 e. The molecule has 4 aromatic rings. The summed E-state index contributed by atoms with van der Waals surface area (Å²) in [7, 11) is 3.44. The van der Waals surface area contributed by atoms with Gasteiger partial charge in [-0.15, -0.1) is 0 Å². The zero-order valence-corrected chi connectivity index (χ0v) is 19.0. The highest BCUT2D eigenvalue weighted by atomic mass is 16.5. The van der Waals surface area contributed by atoms with E-state index in [4.69, 9.17) is 14.5 Å². The fraction of sp³-hybridized carbons (Fsp3) is 0.269. The van der Waals surface area contributed by atoms with Crippen LogP contribution in [0.3, 0.4) is 0 Å². The Morgan fingerprint density at radius 2 is 1.70 bits per heavy atom. The van der Waals surface area contributed by atoms with Crippen molar-refractivity contribution in [3.63, 3.8) is 0 Å². The van der Waals surface area contributed by atoms with Crippen molar-refractivity contribution in [2.24, 2.45) is 0 Å². The van der Waals surface area contributed by atoms with E-state index in [-0.39, 0.29) is 5.91 Å². The molecule has 0 aliphatic rings. The minimum Gasteiger partial charge on any atom is -0.493 e. The average molecular weight is 445 g/mol. The SMILES string of the molecule is COc1ccccc1OCCCCn1c(CN(C)C(=O)c2ccncc2)nc2ccccc21. The van der Waals surface area contributed by atoms with Crippen molar-refractivity contribution in [3.8, 4) is 11.5 Å². The zero-order chi connectivity index (χ0) is 23.0. The molecule has 0 radical (unpaired) electrons. The molecule has 2 aromatic heterocycles. The molecule has 4 rings (SSSR count). The van der Waals surface area contributed by atoms with Crippen LogP contribution in [0.1, 0.15) is 29.0 Å². The van der Waals surface area contributed by atoms with E-state index in [2.05, 4.69) is 15.6 Å². The first-order valence-electron chi connectivity index (χ1n) is 11.0. The third-order valence-corrected chi connectivity index (χ3v) is 5.49. The number of nitrogens with zero attached hydrogens (tertiary/aromatic N) is 4. The minimum atomic E-state index is -0.0544. The Labute approximate surface area is 193 Å². The van der Waals surface area contributed by atoms with Gasteiger partial charge in [0.15, 0.2) is 11.5 Å². The van der Waals surface area contributed by atoms with Gasteiger partial charge in [0.2, 0.25) is 0 Å². The number of imidazole rings is 1. The summed E-state index contributed by atoms with van der Waals surface area (Å²) >= 11 is 0. The largest absolute Gasteiger partial charge is 0.493 e. The Hall–Kier alpha value is -3.87. The van der Waals surface area contributed by atoms with Crippen molar-refractivity contribution in [3.05, 3.63) is 84.4 Å². The summed E-state index contributed by atoms with van der Waals surface area (Å²) in [5.41, 5.74) is 2.62. The van der Waals surface area contributed by atoms with Crippen LogP contribution < -0.4 is 9.47 Å². The number of unbranched alkanes of at least 4 members (excludes halogenated alkanes) is 1. The van der Waals surface area contributed by atoms with Gasteiger partial charge in [0.1, 0.15) is 5.82 Å². The number of hydrogen-bond donors (Lipinski definition) is 0. The lowest BCUT2D eigenvalue weighted by molar-refractivity contribution is 0.0780.